The summed E-state index contributed by atoms with van der Waals surface area (Å²) < 4.78 is 106. The predicted molar refractivity (Wildman–Crippen MR) is 140 cm³/mol. The number of nitrogen functional groups attached to an aromatic ring is 1. The highest BCUT2D eigenvalue weighted by Gasteiger charge is 2.23. The molecule has 40 heavy (non-hydrogen) atoms. The minimum atomic E-state index is -4.90. The number of anilines is 1. The van der Waals surface area contributed by atoms with Gasteiger partial charge in [0.25, 0.3) is 20.2 Å². The van der Waals surface area contributed by atoms with Crippen LogP contribution in [0.15, 0.2) is 61.3 Å². The number of nitrogens with two attached hydrogens (primary N) is 1. The lowest BCUT2D eigenvalue weighted by molar-refractivity contribution is -0.434. The number of aryl methyl sites for hydroxylation is 1. The van der Waals surface area contributed by atoms with Crippen LogP contribution in [0.25, 0.3) is 10.8 Å². The first-order valence-corrected chi connectivity index (χ1v) is 15.7. The molecule has 3 rings (SSSR count). The molecule has 0 unspecified atom stereocenters. The smallest absolute Gasteiger partial charge is 0.296 e. The van der Waals surface area contributed by atoms with Crippen LogP contribution in [0, 0.1) is 6.92 Å². The maximum absolute atomic E-state index is 12.8. The molecule has 0 saturated carbocycles. The Morgan fingerprint density at radius 3 is 2.25 bits per heavy atom. The standard InChI is InChI=1S/C20H21N3O13S4/c1-11-7-15(16(33-2)10-17(11)38(25,26)6-5-34-37-36-35-24)22-23-20-14-4-3-13(39(27,28)29)8-12(14)9-18(19(20)21)40(30,31)32/h3-4,7-10,24H,5-6,21H2,1-2H3,(H,27,28,29)(H,30,31,32)/b23-22+. The summed E-state index contributed by atoms with van der Waals surface area (Å²) in [4.78, 5) is -1.46. The molecule has 0 amide bonds. The number of benzene rings is 3. The summed E-state index contributed by atoms with van der Waals surface area (Å²) in [6.07, 6.45) is 0. The van der Waals surface area contributed by atoms with Gasteiger partial charge in [0.15, 0.2) is 22.2 Å². The van der Waals surface area contributed by atoms with Crippen LogP contribution >= 0.6 is 12.3 Å². The second kappa shape index (κ2) is 12.3. The number of nitrogens with zero attached hydrogens (tertiary/aromatic N) is 2. The molecule has 218 valence electrons. The van der Waals surface area contributed by atoms with Crippen molar-refractivity contribution in [1.82, 2.24) is 0 Å². The van der Waals surface area contributed by atoms with Crippen LogP contribution in [0.3, 0.4) is 0 Å². The van der Waals surface area contributed by atoms with Crippen molar-refractivity contribution < 1.29 is 57.9 Å². The summed E-state index contributed by atoms with van der Waals surface area (Å²) >= 11 is 0.220. The molecular weight excluding hydrogens is 618 g/mol. The zero-order chi connectivity index (χ0) is 29.9. The normalized spacial score (nSPS) is 12.8. The van der Waals surface area contributed by atoms with Gasteiger partial charge in [0.2, 0.25) is 0 Å². The van der Waals surface area contributed by atoms with E-state index in [1.165, 1.54) is 32.2 Å². The summed E-state index contributed by atoms with van der Waals surface area (Å²) in [7, 11) is -12.2. The maximum Gasteiger partial charge on any atom is 0.296 e. The van der Waals surface area contributed by atoms with Gasteiger partial charge in [0.05, 0.1) is 34.9 Å². The fourth-order valence-corrected chi connectivity index (χ4v) is 6.34. The Hall–Kier alpha value is -2.92. The number of methoxy groups -OCH3 is 1. The van der Waals surface area contributed by atoms with Crippen molar-refractivity contribution in [2.45, 2.75) is 21.6 Å². The van der Waals surface area contributed by atoms with E-state index >= 15 is 0 Å². The lowest BCUT2D eigenvalue weighted by Gasteiger charge is -2.12. The Morgan fingerprint density at radius 1 is 0.950 bits per heavy atom. The van der Waals surface area contributed by atoms with E-state index < -0.39 is 51.3 Å². The van der Waals surface area contributed by atoms with Gasteiger partial charge in [0.1, 0.15) is 22.0 Å². The molecule has 0 aliphatic carbocycles. The predicted octanol–water partition coefficient (Wildman–Crippen LogP) is 3.42. The Kier molecular flexibility index (Phi) is 9.72. The monoisotopic (exact) mass is 639 g/mol. The molecule has 0 spiro atoms. The molecular formula is C20H21N3O13S4. The van der Waals surface area contributed by atoms with E-state index in [2.05, 4.69) is 19.6 Å². The van der Waals surface area contributed by atoms with Gasteiger partial charge in [-0.2, -0.15) is 16.8 Å². The van der Waals surface area contributed by atoms with Gasteiger partial charge in [0, 0.05) is 11.5 Å². The highest BCUT2D eigenvalue weighted by atomic mass is 32.2. The van der Waals surface area contributed by atoms with Crippen LogP contribution in [0.4, 0.5) is 17.1 Å². The molecule has 0 aromatic heterocycles. The molecule has 3 aromatic carbocycles. The second-order valence-electron chi connectivity index (χ2n) is 7.81. The van der Waals surface area contributed by atoms with Gasteiger partial charge in [-0.25, -0.2) is 13.7 Å². The molecule has 0 heterocycles. The van der Waals surface area contributed by atoms with Gasteiger partial charge in [-0.3, -0.25) is 13.3 Å². The van der Waals surface area contributed by atoms with Crippen LogP contribution in [-0.4, -0.2) is 59.1 Å². The number of azo groups is 1. The first kappa shape index (κ1) is 31.6. The van der Waals surface area contributed by atoms with Crippen LogP contribution in [0.1, 0.15) is 5.56 Å². The van der Waals surface area contributed by atoms with E-state index in [0.717, 1.165) is 18.2 Å². The van der Waals surface area contributed by atoms with E-state index in [1.54, 1.807) is 0 Å². The summed E-state index contributed by atoms with van der Waals surface area (Å²) in [5.74, 6) is -0.515. The number of sulfone groups is 1. The van der Waals surface area contributed by atoms with Crippen molar-refractivity contribution in [3.8, 4) is 5.75 Å². The Balaban J connectivity index is 2.10. The molecule has 0 aliphatic rings. The molecule has 3 aromatic rings. The molecule has 0 radical (unpaired) electrons. The SMILES string of the molecule is COc1cc(S(=O)(=O)CCOSOOO)c(C)cc1/N=N/c1c(N)c(S(=O)(=O)O)cc2cc(S(=O)(=O)O)ccc12. The molecule has 20 heteroatoms. The average molecular weight is 640 g/mol. The highest BCUT2D eigenvalue weighted by molar-refractivity contribution is 7.91. The summed E-state index contributed by atoms with van der Waals surface area (Å²) in [6, 6.07) is 6.60. The summed E-state index contributed by atoms with van der Waals surface area (Å²) in [5, 5.41) is 19.5. The van der Waals surface area contributed by atoms with Gasteiger partial charge in [-0.1, -0.05) is 11.1 Å². The number of hydrogen-bond acceptors (Lipinski definition) is 15. The fraction of sp³-hybridized carbons (Fsp3) is 0.200. The van der Waals surface area contributed by atoms with E-state index in [9.17, 15) is 34.4 Å². The van der Waals surface area contributed by atoms with E-state index in [-0.39, 0.29) is 57.3 Å². The molecule has 0 aliphatic heterocycles. The summed E-state index contributed by atoms with van der Waals surface area (Å²) in [6.45, 7) is 1.15. The zero-order valence-electron chi connectivity index (χ0n) is 20.4. The lowest BCUT2D eigenvalue weighted by Crippen LogP contribution is -2.12. The van der Waals surface area contributed by atoms with Gasteiger partial charge in [-0.05, 0) is 42.1 Å². The Bertz CT molecular complexity index is 1790. The quantitative estimate of drug-likeness (QED) is 0.0421. The lowest BCUT2D eigenvalue weighted by atomic mass is 10.1. The summed E-state index contributed by atoms with van der Waals surface area (Å²) in [5.41, 5.74) is 5.43. The number of rotatable bonds is 12. The van der Waals surface area contributed by atoms with Crippen LogP contribution < -0.4 is 10.5 Å². The van der Waals surface area contributed by atoms with Crippen molar-refractivity contribution in [2.75, 3.05) is 25.2 Å². The first-order valence-electron chi connectivity index (χ1n) is 10.5. The van der Waals surface area contributed by atoms with Gasteiger partial charge >= 0.3 is 0 Å². The molecule has 0 bridgehead atoms. The van der Waals surface area contributed by atoms with Gasteiger partial charge < -0.3 is 10.5 Å². The second-order valence-corrected chi connectivity index (χ2v) is 13.2. The molecule has 0 atom stereocenters. The maximum atomic E-state index is 12.8. The molecule has 5 N–H and O–H groups in total. The fourth-order valence-electron chi connectivity index (χ4n) is 3.49. The minimum absolute atomic E-state index is 0.0126. The van der Waals surface area contributed by atoms with Crippen molar-refractivity contribution >= 4 is 70.2 Å². The molecule has 16 nitrogen and oxygen atoms in total. The van der Waals surface area contributed by atoms with E-state index in [0.29, 0.717) is 0 Å². The zero-order valence-corrected chi connectivity index (χ0v) is 23.7. The largest absolute Gasteiger partial charge is 0.494 e. The van der Waals surface area contributed by atoms with Crippen molar-refractivity contribution in [2.24, 2.45) is 10.2 Å². The Labute approximate surface area is 232 Å². The third-order valence-electron chi connectivity index (χ3n) is 5.27. The third kappa shape index (κ3) is 7.23. The van der Waals surface area contributed by atoms with Crippen LogP contribution in [0.2, 0.25) is 0 Å². The van der Waals surface area contributed by atoms with E-state index in [4.69, 9.17) is 19.9 Å². The number of hydrogen-bond donors (Lipinski definition) is 4. The number of fused-ring (bicyclic) bond motifs is 1. The Morgan fingerprint density at radius 2 is 1.65 bits per heavy atom. The van der Waals surface area contributed by atoms with Crippen molar-refractivity contribution in [3.05, 3.63) is 42.0 Å². The average Bonchev–Trinajstić information content (AvgIpc) is 2.86. The van der Waals surface area contributed by atoms with Crippen LogP contribution in [-0.2, 0) is 43.6 Å². The first-order chi connectivity index (χ1) is 18.6. The topological polar surface area (TPSA) is 251 Å². The van der Waals surface area contributed by atoms with Gasteiger partial charge in [-0.15, -0.1) is 14.6 Å². The van der Waals surface area contributed by atoms with Crippen molar-refractivity contribution in [1.29, 1.82) is 0 Å². The molecule has 0 saturated heterocycles. The minimum Gasteiger partial charge on any atom is -0.494 e. The highest BCUT2D eigenvalue weighted by Crippen LogP contribution is 2.41. The van der Waals surface area contributed by atoms with Crippen LogP contribution in [0.5, 0.6) is 5.75 Å². The number of ether oxygens (including phenoxy) is 1. The van der Waals surface area contributed by atoms with Crippen molar-refractivity contribution in [3.63, 3.8) is 0 Å². The molecule has 0 fully saturated rings. The van der Waals surface area contributed by atoms with E-state index in [1.807, 2.05) is 0 Å². The third-order valence-corrected chi connectivity index (χ3v) is 9.21.